The number of amides is 1. The van der Waals surface area contributed by atoms with Crippen LogP contribution in [-0.4, -0.2) is 21.4 Å². The summed E-state index contributed by atoms with van der Waals surface area (Å²) in [5.74, 6) is -0.404. The van der Waals surface area contributed by atoms with Crippen LogP contribution < -0.4 is 20.8 Å². The quantitative estimate of drug-likeness (QED) is 0.642. The van der Waals surface area contributed by atoms with Crippen LogP contribution in [0.25, 0.3) is 11.0 Å². The summed E-state index contributed by atoms with van der Waals surface area (Å²) in [6.45, 7) is 0. The Morgan fingerprint density at radius 1 is 1.19 bits per heavy atom. The lowest BCUT2D eigenvalue weighted by Crippen LogP contribution is -2.16. The van der Waals surface area contributed by atoms with Crippen molar-refractivity contribution in [2.75, 3.05) is 12.4 Å². The average Bonchev–Trinajstić information content (AvgIpc) is 2.59. The number of ether oxygens (including phenoxy) is 1. The van der Waals surface area contributed by atoms with E-state index in [0.717, 1.165) is 6.07 Å². The highest BCUT2D eigenvalue weighted by Gasteiger charge is 2.15. The summed E-state index contributed by atoms with van der Waals surface area (Å²) < 4.78 is 32.7. The first kappa shape index (κ1) is 18.6. The van der Waals surface area contributed by atoms with Gasteiger partial charge in [0.15, 0.2) is 0 Å². The van der Waals surface area contributed by atoms with Crippen LogP contribution in [-0.2, 0) is 15.8 Å². The molecular formula is C18H16N2O6S. The van der Waals surface area contributed by atoms with E-state index in [-0.39, 0.29) is 16.9 Å². The molecule has 3 aromatic rings. The van der Waals surface area contributed by atoms with Gasteiger partial charge in [-0.3, -0.25) is 4.79 Å². The Bertz CT molecular complexity index is 1180. The molecule has 27 heavy (non-hydrogen) atoms. The van der Waals surface area contributed by atoms with Crippen molar-refractivity contribution in [2.45, 2.75) is 5.75 Å². The molecule has 2 aromatic carbocycles. The third kappa shape index (κ3) is 4.52. The molecule has 0 aliphatic rings. The summed E-state index contributed by atoms with van der Waals surface area (Å²) in [4.78, 5) is 24.5. The van der Waals surface area contributed by atoms with Crippen molar-refractivity contribution in [3.05, 3.63) is 70.1 Å². The number of sulfonamides is 1. The van der Waals surface area contributed by atoms with E-state index in [1.165, 1.54) is 19.2 Å². The van der Waals surface area contributed by atoms with Gasteiger partial charge in [0.1, 0.15) is 11.3 Å². The number of hydrogen-bond donors (Lipinski definition) is 2. The average molecular weight is 388 g/mol. The SMILES string of the molecule is COc1ccc2c(C(=O)Nc3cccc(CS(N)(=O)=O)c3)cc(=O)oc2c1. The van der Waals surface area contributed by atoms with Gasteiger partial charge in [-0.05, 0) is 29.8 Å². The molecule has 0 unspecified atom stereocenters. The first-order chi connectivity index (χ1) is 12.7. The maximum Gasteiger partial charge on any atom is 0.337 e. The number of rotatable bonds is 5. The molecule has 0 radical (unpaired) electrons. The third-order valence-corrected chi connectivity index (χ3v) is 4.48. The molecule has 3 N–H and O–H groups in total. The highest BCUT2D eigenvalue weighted by molar-refractivity contribution is 7.88. The molecule has 1 heterocycles. The van der Waals surface area contributed by atoms with Crippen molar-refractivity contribution >= 4 is 32.6 Å². The lowest BCUT2D eigenvalue weighted by molar-refractivity contribution is 0.102. The number of hydrogen-bond acceptors (Lipinski definition) is 6. The smallest absolute Gasteiger partial charge is 0.337 e. The summed E-state index contributed by atoms with van der Waals surface area (Å²) in [6, 6.07) is 12.1. The van der Waals surface area contributed by atoms with Crippen molar-refractivity contribution in [1.29, 1.82) is 0 Å². The van der Waals surface area contributed by atoms with Gasteiger partial charge in [-0.2, -0.15) is 0 Å². The minimum atomic E-state index is -3.69. The largest absolute Gasteiger partial charge is 0.497 e. The lowest BCUT2D eigenvalue weighted by Gasteiger charge is -2.09. The number of carbonyl (C=O) groups is 1. The van der Waals surface area contributed by atoms with E-state index in [2.05, 4.69) is 5.32 Å². The second-order valence-corrected chi connectivity index (χ2v) is 7.42. The van der Waals surface area contributed by atoms with Gasteiger partial charge in [-0.1, -0.05) is 12.1 Å². The number of carbonyl (C=O) groups excluding carboxylic acids is 1. The summed E-state index contributed by atoms with van der Waals surface area (Å²) in [7, 11) is -2.22. The number of methoxy groups -OCH3 is 1. The van der Waals surface area contributed by atoms with E-state index in [1.807, 2.05) is 0 Å². The van der Waals surface area contributed by atoms with Crippen molar-refractivity contribution in [3.8, 4) is 5.75 Å². The zero-order chi connectivity index (χ0) is 19.6. The Hall–Kier alpha value is -3.17. The fraction of sp³-hybridized carbons (Fsp3) is 0.111. The van der Waals surface area contributed by atoms with Crippen molar-refractivity contribution in [2.24, 2.45) is 5.14 Å². The molecular weight excluding hydrogens is 372 g/mol. The molecule has 0 aliphatic heterocycles. The minimum absolute atomic E-state index is 0.126. The van der Waals surface area contributed by atoms with Crippen LogP contribution in [0.15, 0.2) is 57.7 Å². The van der Waals surface area contributed by atoms with Crippen molar-refractivity contribution < 1.29 is 22.4 Å². The van der Waals surface area contributed by atoms with Gasteiger partial charge in [-0.15, -0.1) is 0 Å². The second kappa shape index (κ2) is 7.22. The highest BCUT2D eigenvalue weighted by Crippen LogP contribution is 2.23. The van der Waals surface area contributed by atoms with Gasteiger partial charge in [0.2, 0.25) is 10.0 Å². The minimum Gasteiger partial charge on any atom is -0.497 e. The van der Waals surface area contributed by atoms with Gasteiger partial charge in [0.25, 0.3) is 5.91 Å². The molecule has 140 valence electrons. The molecule has 8 nitrogen and oxygen atoms in total. The molecule has 0 bridgehead atoms. The highest BCUT2D eigenvalue weighted by atomic mass is 32.2. The van der Waals surface area contributed by atoms with E-state index in [4.69, 9.17) is 14.3 Å². The normalized spacial score (nSPS) is 11.3. The molecule has 0 saturated carbocycles. The molecule has 0 fully saturated rings. The Balaban J connectivity index is 1.95. The molecule has 0 spiro atoms. The Morgan fingerprint density at radius 3 is 2.67 bits per heavy atom. The molecule has 0 atom stereocenters. The monoisotopic (exact) mass is 388 g/mol. The summed E-state index contributed by atoms with van der Waals surface area (Å²) in [5.41, 5.74) is 0.466. The molecule has 3 rings (SSSR count). The first-order valence-corrected chi connectivity index (χ1v) is 9.49. The number of fused-ring (bicyclic) bond motifs is 1. The Kier molecular flexibility index (Phi) is 4.98. The van der Waals surface area contributed by atoms with Crippen LogP contribution in [0.1, 0.15) is 15.9 Å². The summed E-state index contributed by atoms with van der Waals surface area (Å²) in [6.07, 6.45) is 0. The van der Waals surface area contributed by atoms with Gasteiger partial charge in [-0.25, -0.2) is 18.4 Å². The molecule has 1 aromatic heterocycles. The Morgan fingerprint density at radius 2 is 1.96 bits per heavy atom. The molecule has 9 heteroatoms. The zero-order valence-corrected chi connectivity index (χ0v) is 15.1. The fourth-order valence-electron chi connectivity index (χ4n) is 2.63. The molecule has 1 amide bonds. The maximum atomic E-state index is 12.7. The number of nitrogens with one attached hydrogen (secondary N) is 1. The topological polar surface area (TPSA) is 129 Å². The Labute approximate surface area is 154 Å². The lowest BCUT2D eigenvalue weighted by atomic mass is 10.1. The van der Waals surface area contributed by atoms with Crippen LogP contribution >= 0.6 is 0 Å². The van der Waals surface area contributed by atoms with E-state index in [1.54, 1.807) is 30.3 Å². The predicted octanol–water partition coefficient (Wildman–Crippen LogP) is 1.84. The van der Waals surface area contributed by atoms with Crippen molar-refractivity contribution in [1.82, 2.24) is 0 Å². The predicted molar refractivity (Wildman–Crippen MR) is 100 cm³/mol. The number of primary sulfonamides is 1. The van der Waals surface area contributed by atoms with E-state index < -0.39 is 21.6 Å². The van der Waals surface area contributed by atoms with Gasteiger partial charge in [0.05, 0.1) is 18.4 Å². The van der Waals surface area contributed by atoms with Crippen LogP contribution in [0.2, 0.25) is 0 Å². The van der Waals surface area contributed by atoms with E-state index in [0.29, 0.717) is 22.4 Å². The van der Waals surface area contributed by atoms with Gasteiger partial charge >= 0.3 is 5.63 Å². The second-order valence-electron chi connectivity index (χ2n) is 5.80. The summed E-state index contributed by atoms with van der Waals surface area (Å²) in [5, 5.41) is 8.13. The fourth-order valence-corrected chi connectivity index (χ4v) is 3.27. The van der Waals surface area contributed by atoms with Crippen LogP contribution in [0, 0.1) is 0 Å². The van der Waals surface area contributed by atoms with Gasteiger partial charge < -0.3 is 14.5 Å². The summed E-state index contributed by atoms with van der Waals surface area (Å²) >= 11 is 0. The van der Waals surface area contributed by atoms with E-state index in [9.17, 15) is 18.0 Å². The van der Waals surface area contributed by atoms with Crippen molar-refractivity contribution in [3.63, 3.8) is 0 Å². The maximum absolute atomic E-state index is 12.7. The van der Waals surface area contributed by atoms with Gasteiger partial charge in [0, 0.05) is 23.2 Å². The third-order valence-electron chi connectivity index (χ3n) is 3.75. The van der Waals surface area contributed by atoms with Crippen LogP contribution in [0.5, 0.6) is 5.75 Å². The number of benzene rings is 2. The standard InChI is InChI=1S/C18H16N2O6S/c1-25-13-5-6-14-15(9-17(21)26-16(14)8-13)18(22)20-12-4-2-3-11(7-12)10-27(19,23)24/h2-9H,10H2,1H3,(H,20,22)(H2,19,23,24). The van der Waals surface area contributed by atoms with E-state index >= 15 is 0 Å². The molecule has 0 saturated heterocycles. The zero-order valence-electron chi connectivity index (χ0n) is 14.3. The number of nitrogens with two attached hydrogens (primary N) is 1. The van der Waals surface area contributed by atoms with Crippen LogP contribution in [0.3, 0.4) is 0 Å². The first-order valence-electron chi connectivity index (χ1n) is 7.78. The molecule has 0 aliphatic carbocycles. The number of anilines is 1. The van der Waals surface area contributed by atoms with Crippen LogP contribution in [0.4, 0.5) is 5.69 Å².